The Morgan fingerprint density at radius 3 is 2.16 bits per heavy atom. The fourth-order valence-corrected chi connectivity index (χ4v) is 3.95. The lowest BCUT2D eigenvalue weighted by Gasteiger charge is -2.35. The van der Waals surface area contributed by atoms with E-state index in [0.29, 0.717) is 51.2 Å². The Bertz CT molecular complexity index is 903. The normalized spacial score (nSPS) is 14.0. The molecular weight excluding hydrogens is 392 g/mol. The fraction of sp³-hybridized carbons (Fsp3) is 0.480. The molecule has 166 valence electrons. The number of unbranched alkanes of at least 4 members (excludes halogenated alkanes) is 3. The summed E-state index contributed by atoms with van der Waals surface area (Å²) in [6, 6.07) is 13.8. The zero-order valence-corrected chi connectivity index (χ0v) is 18.3. The molecule has 3 rings (SSSR count). The number of amides is 2. The molecule has 0 radical (unpaired) electrons. The number of hydrogen-bond donors (Lipinski definition) is 0. The second-order valence-electron chi connectivity index (χ2n) is 7.95. The maximum Gasteiger partial charge on any atom is 0.305 e. The van der Waals surface area contributed by atoms with Gasteiger partial charge in [0, 0.05) is 44.6 Å². The van der Waals surface area contributed by atoms with Gasteiger partial charge < -0.3 is 14.5 Å². The number of nitrogens with zero attached hydrogens (tertiary/aromatic N) is 2. The Hall–Kier alpha value is -2.89. The number of hydrogen-bond acceptors (Lipinski definition) is 4. The van der Waals surface area contributed by atoms with Crippen LogP contribution in [0.1, 0.15) is 55.8 Å². The first kappa shape index (κ1) is 22.8. The Labute approximate surface area is 184 Å². The quantitative estimate of drug-likeness (QED) is 0.450. The molecule has 0 N–H and O–H groups in total. The SMILES string of the molecule is CCOC(=O)CCCCCCC(=O)N1CCN(C(=O)c2ccc3ccccc3c2)CC1. The number of ether oxygens (including phenoxy) is 1. The van der Waals surface area contributed by atoms with Gasteiger partial charge in [0.2, 0.25) is 5.91 Å². The standard InChI is InChI=1S/C25H32N2O4/c1-2-31-24(29)12-6-4-3-5-11-23(28)26-15-17-27(18-16-26)25(30)22-14-13-20-9-7-8-10-21(20)19-22/h7-10,13-14,19H,2-6,11-12,15-18H2,1H3. The highest BCUT2D eigenvalue weighted by Crippen LogP contribution is 2.18. The molecule has 0 atom stereocenters. The smallest absolute Gasteiger partial charge is 0.305 e. The second-order valence-corrected chi connectivity index (χ2v) is 7.95. The third-order valence-corrected chi connectivity index (χ3v) is 5.74. The molecule has 1 aliphatic rings. The van der Waals surface area contributed by atoms with Gasteiger partial charge >= 0.3 is 5.97 Å². The number of carbonyl (C=O) groups excluding carboxylic acids is 3. The van der Waals surface area contributed by atoms with Gasteiger partial charge in [-0.1, -0.05) is 43.2 Å². The number of benzene rings is 2. The molecule has 0 bridgehead atoms. The van der Waals surface area contributed by atoms with Crippen LogP contribution >= 0.6 is 0 Å². The van der Waals surface area contributed by atoms with Crippen molar-refractivity contribution in [3.63, 3.8) is 0 Å². The van der Waals surface area contributed by atoms with Crippen LogP contribution in [0.2, 0.25) is 0 Å². The van der Waals surface area contributed by atoms with E-state index in [0.717, 1.165) is 36.5 Å². The van der Waals surface area contributed by atoms with Gasteiger partial charge in [-0.15, -0.1) is 0 Å². The van der Waals surface area contributed by atoms with E-state index in [1.54, 1.807) is 0 Å². The molecule has 31 heavy (non-hydrogen) atoms. The van der Waals surface area contributed by atoms with Gasteiger partial charge in [0.15, 0.2) is 0 Å². The van der Waals surface area contributed by atoms with Crippen LogP contribution in [-0.2, 0) is 14.3 Å². The minimum atomic E-state index is -0.144. The highest BCUT2D eigenvalue weighted by Gasteiger charge is 2.24. The summed E-state index contributed by atoms with van der Waals surface area (Å²) in [5.41, 5.74) is 0.696. The van der Waals surface area contributed by atoms with Crippen molar-refractivity contribution in [1.82, 2.24) is 9.80 Å². The summed E-state index contributed by atoms with van der Waals surface area (Å²) in [5.74, 6) is 0.0392. The summed E-state index contributed by atoms with van der Waals surface area (Å²) in [7, 11) is 0. The van der Waals surface area contributed by atoms with E-state index in [-0.39, 0.29) is 17.8 Å². The molecule has 0 aliphatic carbocycles. The van der Waals surface area contributed by atoms with Crippen LogP contribution in [0, 0.1) is 0 Å². The summed E-state index contributed by atoms with van der Waals surface area (Å²) in [4.78, 5) is 40.3. The lowest BCUT2D eigenvalue weighted by Crippen LogP contribution is -2.50. The van der Waals surface area contributed by atoms with Crippen molar-refractivity contribution in [3.05, 3.63) is 48.0 Å². The molecule has 0 saturated carbocycles. The van der Waals surface area contributed by atoms with Gasteiger partial charge in [0.25, 0.3) is 5.91 Å². The predicted molar refractivity (Wildman–Crippen MR) is 121 cm³/mol. The molecule has 2 aromatic carbocycles. The predicted octanol–water partition coefficient (Wildman–Crippen LogP) is 4.03. The van der Waals surface area contributed by atoms with Crippen molar-refractivity contribution in [2.45, 2.75) is 45.4 Å². The third kappa shape index (κ3) is 6.54. The Balaban J connectivity index is 1.37. The fourth-order valence-electron chi connectivity index (χ4n) is 3.95. The number of piperazine rings is 1. The van der Waals surface area contributed by atoms with Crippen LogP contribution in [-0.4, -0.2) is 60.4 Å². The Morgan fingerprint density at radius 2 is 1.45 bits per heavy atom. The van der Waals surface area contributed by atoms with Crippen molar-refractivity contribution >= 4 is 28.6 Å². The van der Waals surface area contributed by atoms with Crippen LogP contribution in [0.5, 0.6) is 0 Å². The molecule has 1 fully saturated rings. The van der Waals surface area contributed by atoms with Gasteiger partial charge in [-0.25, -0.2) is 0 Å². The van der Waals surface area contributed by atoms with E-state index < -0.39 is 0 Å². The van der Waals surface area contributed by atoms with Crippen LogP contribution in [0.4, 0.5) is 0 Å². The molecule has 0 aromatic heterocycles. The van der Waals surface area contributed by atoms with Gasteiger partial charge in [-0.05, 0) is 42.7 Å². The Kier molecular flexibility index (Phi) is 8.44. The van der Waals surface area contributed by atoms with E-state index in [9.17, 15) is 14.4 Å². The maximum absolute atomic E-state index is 12.9. The van der Waals surface area contributed by atoms with Crippen molar-refractivity contribution in [2.75, 3.05) is 32.8 Å². The first-order valence-electron chi connectivity index (χ1n) is 11.3. The number of esters is 1. The highest BCUT2D eigenvalue weighted by molar-refractivity contribution is 5.98. The molecule has 1 saturated heterocycles. The summed E-state index contributed by atoms with van der Waals surface area (Å²) in [6.45, 7) is 4.53. The van der Waals surface area contributed by atoms with Crippen molar-refractivity contribution < 1.29 is 19.1 Å². The summed E-state index contributed by atoms with van der Waals surface area (Å²) < 4.78 is 4.91. The van der Waals surface area contributed by atoms with Gasteiger partial charge in [-0.2, -0.15) is 0 Å². The number of carbonyl (C=O) groups is 3. The zero-order valence-electron chi connectivity index (χ0n) is 18.3. The number of fused-ring (bicyclic) bond motifs is 1. The molecular formula is C25H32N2O4. The first-order valence-corrected chi connectivity index (χ1v) is 11.3. The van der Waals surface area contributed by atoms with E-state index in [4.69, 9.17) is 4.74 Å². The van der Waals surface area contributed by atoms with E-state index in [2.05, 4.69) is 0 Å². The first-order chi connectivity index (χ1) is 15.1. The molecule has 0 unspecified atom stereocenters. The summed E-state index contributed by atoms with van der Waals surface area (Å²) >= 11 is 0. The van der Waals surface area contributed by atoms with Crippen molar-refractivity contribution in [1.29, 1.82) is 0 Å². The molecule has 1 aliphatic heterocycles. The molecule has 6 heteroatoms. The van der Waals surface area contributed by atoms with Crippen LogP contribution in [0.25, 0.3) is 10.8 Å². The lowest BCUT2D eigenvalue weighted by molar-refractivity contribution is -0.143. The van der Waals surface area contributed by atoms with E-state index in [1.807, 2.05) is 59.2 Å². The average molecular weight is 425 g/mol. The van der Waals surface area contributed by atoms with Gasteiger partial charge in [0.1, 0.15) is 0 Å². The second kappa shape index (κ2) is 11.5. The maximum atomic E-state index is 12.9. The minimum Gasteiger partial charge on any atom is -0.466 e. The van der Waals surface area contributed by atoms with Crippen molar-refractivity contribution in [3.8, 4) is 0 Å². The summed E-state index contributed by atoms with van der Waals surface area (Å²) in [5, 5.41) is 2.18. The average Bonchev–Trinajstić information content (AvgIpc) is 2.80. The Morgan fingerprint density at radius 1 is 0.806 bits per heavy atom. The van der Waals surface area contributed by atoms with E-state index >= 15 is 0 Å². The molecule has 6 nitrogen and oxygen atoms in total. The topological polar surface area (TPSA) is 66.9 Å². The third-order valence-electron chi connectivity index (χ3n) is 5.74. The largest absolute Gasteiger partial charge is 0.466 e. The minimum absolute atomic E-state index is 0.0273. The van der Waals surface area contributed by atoms with Crippen LogP contribution in [0.3, 0.4) is 0 Å². The van der Waals surface area contributed by atoms with Crippen LogP contribution in [0.15, 0.2) is 42.5 Å². The lowest BCUT2D eigenvalue weighted by atomic mass is 10.1. The number of rotatable bonds is 9. The van der Waals surface area contributed by atoms with Crippen molar-refractivity contribution in [2.24, 2.45) is 0 Å². The molecule has 0 spiro atoms. The van der Waals surface area contributed by atoms with Crippen LogP contribution < -0.4 is 0 Å². The molecule has 1 heterocycles. The van der Waals surface area contributed by atoms with E-state index in [1.165, 1.54) is 0 Å². The highest BCUT2D eigenvalue weighted by atomic mass is 16.5. The molecule has 2 amide bonds. The van der Waals surface area contributed by atoms with Gasteiger partial charge in [0.05, 0.1) is 6.61 Å². The molecule has 2 aromatic rings. The monoisotopic (exact) mass is 424 g/mol. The summed E-state index contributed by atoms with van der Waals surface area (Å²) in [6.07, 6.45) is 4.49. The van der Waals surface area contributed by atoms with Gasteiger partial charge in [-0.3, -0.25) is 14.4 Å². The zero-order chi connectivity index (χ0) is 22.1.